The van der Waals surface area contributed by atoms with E-state index < -0.39 is 0 Å². The number of thiocarbonyl (C=S) groups is 1. The van der Waals surface area contributed by atoms with Gasteiger partial charge in [-0.15, -0.1) is 0 Å². The molecule has 1 aliphatic heterocycles. The molecule has 0 aliphatic carbocycles. The van der Waals surface area contributed by atoms with Crippen molar-refractivity contribution in [3.05, 3.63) is 74.6 Å². The van der Waals surface area contributed by atoms with E-state index in [-0.39, 0.29) is 16.1 Å². The van der Waals surface area contributed by atoms with E-state index in [1.807, 2.05) is 6.07 Å². The number of halogens is 2. The first-order valence-electron chi connectivity index (χ1n) is 7.44. The lowest BCUT2D eigenvalue weighted by Gasteiger charge is -2.26. The van der Waals surface area contributed by atoms with Crippen LogP contribution in [0.2, 0.25) is 10.0 Å². The Morgan fingerprint density at radius 2 is 1.85 bits per heavy atom. The first-order chi connectivity index (χ1) is 12.4. The maximum Gasteiger partial charge on any atom is 0.285 e. The average molecular weight is 423 g/mol. The molecule has 0 atom stereocenters. The molecular weight excluding hydrogens is 411 g/mol. The molecule has 0 radical (unpaired) electrons. The quantitative estimate of drug-likeness (QED) is 0.521. The van der Waals surface area contributed by atoms with Crippen molar-refractivity contribution in [2.24, 2.45) is 0 Å². The van der Waals surface area contributed by atoms with Gasteiger partial charge in [-0.2, -0.15) is 5.01 Å². The highest BCUT2D eigenvalue weighted by molar-refractivity contribution is 8.26. The first kappa shape index (κ1) is 18.9. The fraction of sp³-hybridized carbons (Fsp3) is 0.0556. The molecule has 132 valence electrons. The Bertz CT molecular complexity index is 932. The van der Waals surface area contributed by atoms with E-state index in [1.54, 1.807) is 48.5 Å². The normalized spacial score (nSPS) is 15.7. The van der Waals surface area contributed by atoms with Crippen LogP contribution in [0, 0.1) is 0 Å². The van der Waals surface area contributed by atoms with E-state index in [1.165, 1.54) is 17.1 Å². The number of nitrogens with zero attached hydrogens (tertiary/aromatic N) is 2. The van der Waals surface area contributed by atoms with Crippen LogP contribution in [0.25, 0.3) is 6.08 Å². The lowest BCUT2D eigenvalue weighted by Crippen LogP contribution is -2.46. The third-order valence-corrected chi connectivity index (χ3v) is 5.65. The Kier molecular flexibility index (Phi) is 5.67. The van der Waals surface area contributed by atoms with Crippen molar-refractivity contribution >= 4 is 69.4 Å². The van der Waals surface area contributed by atoms with Gasteiger partial charge in [-0.3, -0.25) is 9.59 Å². The molecule has 2 aromatic carbocycles. The van der Waals surface area contributed by atoms with Crippen molar-refractivity contribution in [1.29, 1.82) is 0 Å². The van der Waals surface area contributed by atoms with Crippen LogP contribution in [0.4, 0.5) is 0 Å². The summed E-state index contributed by atoms with van der Waals surface area (Å²) in [5.41, 5.74) is 1.19. The zero-order chi connectivity index (χ0) is 18.8. The summed E-state index contributed by atoms with van der Waals surface area (Å²) in [5.74, 6) is -0.685. The topological polar surface area (TPSA) is 40.6 Å². The number of carbonyl (C=O) groups is 2. The molecule has 0 bridgehead atoms. The van der Waals surface area contributed by atoms with Crippen molar-refractivity contribution in [2.75, 3.05) is 7.05 Å². The second-order valence-electron chi connectivity index (χ2n) is 5.36. The number of rotatable bonds is 3. The van der Waals surface area contributed by atoms with Gasteiger partial charge < -0.3 is 0 Å². The summed E-state index contributed by atoms with van der Waals surface area (Å²) in [7, 11) is 1.52. The molecule has 26 heavy (non-hydrogen) atoms. The number of thioether (sulfide) groups is 1. The second-order valence-corrected chi connectivity index (χ2v) is 7.85. The Hall–Kier alpha value is -1.86. The molecule has 0 aromatic heterocycles. The van der Waals surface area contributed by atoms with E-state index >= 15 is 0 Å². The summed E-state index contributed by atoms with van der Waals surface area (Å²) in [6.07, 6.45) is 1.67. The van der Waals surface area contributed by atoms with Gasteiger partial charge in [-0.05, 0) is 48.1 Å². The summed E-state index contributed by atoms with van der Waals surface area (Å²) in [6.45, 7) is 0. The number of carbonyl (C=O) groups excluding carboxylic acids is 2. The van der Waals surface area contributed by atoms with Crippen molar-refractivity contribution < 1.29 is 9.59 Å². The van der Waals surface area contributed by atoms with Crippen LogP contribution >= 0.6 is 47.2 Å². The maximum absolute atomic E-state index is 12.7. The number of amides is 2. The molecule has 3 rings (SSSR count). The largest absolute Gasteiger partial charge is 0.285 e. The van der Waals surface area contributed by atoms with E-state index in [4.69, 9.17) is 35.4 Å². The van der Waals surface area contributed by atoms with E-state index in [2.05, 4.69) is 0 Å². The first-order valence-corrected chi connectivity index (χ1v) is 9.42. The molecule has 0 spiro atoms. The SMILES string of the molecule is CN(C(=O)c1ccccc1)N1C(=O)/C(=C/c2ccc(Cl)c(Cl)c2)SC1=S. The van der Waals surface area contributed by atoms with Gasteiger partial charge >= 0.3 is 0 Å². The summed E-state index contributed by atoms with van der Waals surface area (Å²) in [4.78, 5) is 25.7. The minimum Gasteiger partial charge on any atom is -0.267 e. The number of hydrogen-bond donors (Lipinski definition) is 0. The summed E-state index contributed by atoms with van der Waals surface area (Å²) in [6, 6.07) is 13.8. The van der Waals surface area contributed by atoms with Gasteiger partial charge in [0.25, 0.3) is 11.8 Å². The maximum atomic E-state index is 12.7. The molecule has 0 unspecified atom stereocenters. The average Bonchev–Trinajstić information content (AvgIpc) is 2.91. The van der Waals surface area contributed by atoms with Crippen LogP contribution in [0.1, 0.15) is 15.9 Å². The minimum atomic E-state index is -0.363. The van der Waals surface area contributed by atoms with E-state index in [0.29, 0.717) is 20.5 Å². The molecule has 8 heteroatoms. The van der Waals surface area contributed by atoms with E-state index in [0.717, 1.165) is 17.3 Å². The smallest absolute Gasteiger partial charge is 0.267 e. The van der Waals surface area contributed by atoms with E-state index in [9.17, 15) is 9.59 Å². The van der Waals surface area contributed by atoms with Crippen LogP contribution in [0.3, 0.4) is 0 Å². The van der Waals surface area contributed by atoms with Crippen molar-refractivity contribution in [2.45, 2.75) is 0 Å². The lowest BCUT2D eigenvalue weighted by molar-refractivity contribution is -0.129. The number of hydrogen-bond acceptors (Lipinski definition) is 4. The summed E-state index contributed by atoms with van der Waals surface area (Å²) < 4.78 is 0.285. The van der Waals surface area contributed by atoms with Crippen molar-refractivity contribution in [1.82, 2.24) is 10.0 Å². The zero-order valence-electron chi connectivity index (χ0n) is 13.5. The fourth-order valence-electron chi connectivity index (χ4n) is 2.33. The molecule has 0 N–H and O–H groups in total. The predicted molar refractivity (Wildman–Crippen MR) is 110 cm³/mol. The summed E-state index contributed by atoms with van der Waals surface area (Å²) in [5, 5.41) is 3.25. The third-order valence-electron chi connectivity index (χ3n) is 3.63. The number of hydrazine groups is 1. The Morgan fingerprint density at radius 1 is 1.15 bits per heavy atom. The minimum absolute atomic E-state index is 0.285. The molecule has 1 saturated heterocycles. The monoisotopic (exact) mass is 422 g/mol. The molecule has 1 fully saturated rings. The highest BCUT2D eigenvalue weighted by atomic mass is 35.5. The van der Waals surface area contributed by atoms with Crippen molar-refractivity contribution in [3.8, 4) is 0 Å². The Morgan fingerprint density at radius 3 is 2.50 bits per heavy atom. The van der Waals surface area contributed by atoms with Crippen LogP contribution in [-0.2, 0) is 4.79 Å². The van der Waals surface area contributed by atoms with Gasteiger partial charge in [-0.25, -0.2) is 5.01 Å². The van der Waals surface area contributed by atoms with Gasteiger partial charge in [0.2, 0.25) is 0 Å². The molecular formula is C18H12Cl2N2O2S2. The zero-order valence-corrected chi connectivity index (χ0v) is 16.6. The predicted octanol–water partition coefficient (Wildman–Crippen LogP) is 4.88. The van der Waals surface area contributed by atoms with Crippen LogP contribution in [-0.4, -0.2) is 33.2 Å². The Labute approximate surface area is 170 Å². The van der Waals surface area contributed by atoms with Crippen LogP contribution in [0.15, 0.2) is 53.4 Å². The Balaban J connectivity index is 1.85. The van der Waals surface area contributed by atoms with Gasteiger partial charge in [0, 0.05) is 12.6 Å². The molecule has 0 saturated carbocycles. The van der Waals surface area contributed by atoms with Crippen LogP contribution in [0.5, 0.6) is 0 Å². The number of benzene rings is 2. The lowest BCUT2D eigenvalue weighted by atomic mass is 10.2. The molecule has 1 heterocycles. The second kappa shape index (κ2) is 7.80. The highest BCUT2D eigenvalue weighted by Gasteiger charge is 2.37. The van der Waals surface area contributed by atoms with Crippen molar-refractivity contribution in [3.63, 3.8) is 0 Å². The fourth-order valence-corrected chi connectivity index (χ4v) is 3.96. The highest BCUT2D eigenvalue weighted by Crippen LogP contribution is 2.34. The molecule has 1 aliphatic rings. The molecule has 2 amide bonds. The van der Waals surface area contributed by atoms with Gasteiger partial charge in [-0.1, -0.05) is 59.2 Å². The standard InChI is InChI=1S/C18H12Cl2N2O2S2/c1-21(16(23)12-5-3-2-4-6-12)22-17(24)15(26-18(22)25)10-11-7-8-13(19)14(20)9-11/h2-10H,1H3/b15-10-. The summed E-state index contributed by atoms with van der Waals surface area (Å²) >= 11 is 18.3. The third kappa shape index (κ3) is 3.78. The van der Waals surface area contributed by atoms with Crippen LogP contribution < -0.4 is 0 Å². The van der Waals surface area contributed by atoms with Gasteiger partial charge in [0.15, 0.2) is 4.32 Å². The van der Waals surface area contributed by atoms with Gasteiger partial charge in [0.1, 0.15) is 0 Å². The molecule has 4 nitrogen and oxygen atoms in total. The molecule has 2 aromatic rings. The van der Waals surface area contributed by atoms with Gasteiger partial charge in [0.05, 0.1) is 15.0 Å².